The lowest BCUT2D eigenvalue weighted by molar-refractivity contribution is -0.140. The van der Waals surface area contributed by atoms with Crippen LogP contribution in [-0.2, 0) is 26.2 Å². The number of carbonyl (C=O) groups is 2. The van der Waals surface area contributed by atoms with E-state index < -0.39 is 27.7 Å². The predicted molar refractivity (Wildman–Crippen MR) is 134 cm³/mol. The Morgan fingerprint density at radius 2 is 1.75 bits per heavy atom. The molecule has 0 saturated heterocycles. The van der Waals surface area contributed by atoms with Crippen LogP contribution in [0.25, 0.3) is 0 Å². The molecule has 0 unspecified atom stereocenters. The highest BCUT2D eigenvalue weighted by atomic mass is 32.2. The van der Waals surface area contributed by atoms with Gasteiger partial charge in [-0.3, -0.25) is 13.9 Å². The summed E-state index contributed by atoms with van der Waals surface area (Å²) in [5.41, 5.74) is 0.755. The van der Waals surface area contributed by atoms with Crippen LogP contribution < -0.4 is 14.4 Å². The van der Waals surface area contributed by atoms with Crippen LogP contribution in [0.3, 0.4) is 0 Å². The molecule has 0 aliphatic rings. The first-order chi connectivity index (χ1) is 17.0. The molecule has 36 heavy (non-hydrogen) atoms. The van der Waals surface area contributed by atoms with E-state index in [1.807, 2.05) is 6.92 Å². The van der Waals surface area contributed by atoms with Gasteiger partial charge in [-0.15, -0.1) is 0 Å². The Bertz CT molecular complexity index is 1140. The third-order valence-corrected chi connectivity index (χ3v) is 6.77. The third-order valence-electron chi connectivity index (χ3n) is 5.57. The van der Waals surface area contributed by atoms with Crippen LogP contribution in [0.15, 0.2) is 42.5 Å². The van der Waals surface area contributed by atoms with E-state index in [4.69, 9.17) is 4.74 Å². The molecule has 0 aromatic heterocycles. The molecule has 0 aliphatic heterocycles. The van der Waals surface area contributed by atoms with Crippen molar-refractivity contribution >= 4 is 27.5 Å². The van der Waals surface area contributed by atoms with Crippen molar-refractivity contribution in [2.24, 2.45) is 0 Å². The van der Waals surface area contributed by atoms with Gasteiger partial charge >= 0.3 is 0 Å². The molecule has 2 aromatic carbocycles. The Morgan fingerprint density at radius 3 is 2.31 bits per heavy atom. The summed E-state index contributed by atoms with van der Waals surface area (Å²) in [4.78, 5) is 27.3. The zero-order valence-corrected chi connectivity index (χ0v) is 21.8. The molecule has 0 heterocycles. The standard InChI is InChI=1S/C25H33F2N3O5S/c1-5-14-28-25(32)18(2)29(17-19-8-11-21(35-3)12-9-19)24(31)7-6-15-30(36(4,33)34)20-10-13-22(26)23(27)16-20/h8-13,16,18H,5-7,14-15,17H2,1-4H3,(H,28,32)/t18-/m0/s1. The van der Waals surface area contributed by atoms with Gasteiger partial charge in [0.1, 0.15) is 11.8 Å². The summed E-state index contributed by atoms with van der Waals surface area (Å²) < 4.78 is 57.6. The normalized spacial score (nSPS) is 12.1. The molecule has 0 spiro atoms. The van der Waals surface area contributed by atoms with Gasteiger partial charge in [0.15, 0.2) is 11.6 Å². The number of carbonyl (C=O) groups excluding carboxylic acids is 2. The van der Waals surface area contributed by atoms with Gasteiger partial charge in [0.25, 0.3) is 0 Å². The SMILES string of the molecule is CCCNC(=O)[C@H](C)N(Cc1ccc(OC)cc1)C(=O)CCCN(c1ccc(F)c(F)c1)S(C)(=O)=O. The molecule has 2 rings (SSSR count). The number of rotatable bonds is 13. The molecule has 2 aromatic rings. The number of nitrogens with zero attached hydrogens (tertiary/aromatic N) is 2. The van der Waals surface area contributed by atoms with E-state index in [1.165, 1.54) is 4.90 Å². The van der Waals surface area contributed by atoms with Crippen LogP contribution in [0.4, 0.5) is 14.5 Å². The summed E-state index contributed by atoms with van der Waals surface area (Å²) in [5, 5.41) is 2.79. The first-order valence-corrected chi connectivity index (χ1v) is 13.5. The zero-order valence-electron chi connectivity index (χ0n) is 21.0. The van der Waals surface area contributed by atoms with Crippen molar-refractivity contribution in [3.05, 3.63) is 59.7 Å². The fourth-order valence-electron chi connectivity index (χ4n) is 3.55. The Balaban J connectivity index is 2.17. The second-order valence-corrected chi connectivity index (χ2v) is 10.3. The van der Waals surface area contributed by atoms with Gasteiger partial charge in [0, 0.05) is 32.1 Å². The van der Waals surface area contributed by atoms with Gasteiger partial charge < -0.3 is 15.0 Å². The molecule has 0 aliphatic carbocycles. The lowest BCUT2D eigenvalue weighted by Gasteiger charge is -2.29. The maximum atomic E-state index is 13.7. The fraction of sp³-hybridized carbons (Fsp3) is 0.440. The van der Waals surface area contributed by atoms with Gasteiger partial charge in [0.05, 0.1) is 19.1 Å². The smallest absolute Gasteiger partial charge is 0.242 e. The predicted octanol–water partition coefficient (Wildman–Crippen LogP) is 3.46. The minimum absolute atomic E-state index is 0.0359. The van der Waals surface area contributed by atoms with Crippen LogP contribution in [0.5, 0.6) is 5.75 Å². The second-order valence-electron chi connectivity index (χ2n) is 8.37. The van der Waals surface area contributed by atoms with Gasteiger partial charge in [-0.1, -0.05) is 19.1 Å². The summed E-state index contributed by atoms with van der Waals surface area (Å²) in [7, 11) is -2.27. The van der Waals surface area contributed by atoms with E-state index in [1.54, 1.807) is 38.3 Å². The summed E-state index contributed by atoms with van der Waals surface area (Å²) in [6.45, 7) is 4.08. The maximum absolute atomic E-state index is 13.7. The first kappa shape index (κ1) is 29.0. The number of benzene rings is 2. The van der Waals surface area contributed by atoms with E-state index in [-0.39, 0.29) is 43.4 Å². The van der Waals surface area contributed by atoms with Crippen molar-refractivity contribution in [1.29, 1.82) is 0 Å². The van der Waals surface area contributed by atoms with Crippen LogP contribution in [-0.4, -0.2) is 57.6 Å². The highest BCUT2D eigenvalue weighted by molar-refractivity contribution is 7.92. The number of halogens is 2. The number of hydrogen-bond donors (Lipinski definition) is 1. The summed E-state index contributed by atoms with van der Waals surface area (Å²) in [5.74, 6) is -2.24. The summed E-state index contributed by atoms with van der Waals surface area (Å²) in [6.07, 6.45) is 1.74. The number of methoxy groups -OCH3 is 1. The number of amides is 2. The quantitative estimate of drug-likeness (QED) is 0.432. The molecule has 11 heteroatoms. The monoisotopic (exact) mass is 525 g/mol. The van der Waals surface area contributed by atoms with Crippen LogP contribution in [0.2, 0.25) is 0 Å². The average molecular weight is 526 g/mol. The second kappa shape index (κ2) is 13.2. The van der Waals surface area contributed by atoms with Crippen molar-refractivity contribution < 1.29 is 31.5 Å². The maximum Gasteiger partial charge on any atom is 0.242 e. The first-order valence-electron chi connectivity index (χ1n) is 11.6. The molecule has 1 atom stereocenters. The Kier molecular flexibility index (Phi) is 10.6. The number of hydrogen-bond acceptors (Lipinski definition) is 5. The summed E-state index contributed by atoms with van der Waals surface area (Å²) >= 11 is 0. The van der Waals surface area contributed by atoms with Gasteiger partial charge in [0.2, 0.25) is 21.8 Å². The number of sulfonamides is 1. The zero-order chi connectivity index (χ0) is 26.9. The van der Waals surface area contributed by atoms with E-state index in [0.29, 0.717) is 12.3 Å². The third kappa shape index (κ3) is 8.18. The highest BCUT2D eigenvalue weighted by Gasteiger charge is 2.26. The highest BCUT2D eigenvalue weighted by Crippen LogP contribution is 2.22. The molecule has 0 fully saturated rings. The van der Waals surface area contributed by atoms with Gasteiger partial charge in [-0.25, -0.2) is 17.2 Å². The Morgan fingerprint density at radius 1 is 1.08 bits per heavy atom. The molecule has 198 valence electrons. The summed E-state index contributed by atoms with van der Waals surface area (Å²) in [6, 6.07) is 9.15. The van der Waals surface area contributed by atoms with Crippen LogP contribution >= 0.6 is 0 Å². The van der Waals surface area contributed by atoms with Crippen LogP contribution in [0, 0.1) is 11.6 Å². The lowest BCUT2D eigenvalue weighted by atomic mass is 10.1. The van der Waals surface area contributed by atoms with Crippen molar-refractivity contribution in [3.63, 3.8) is 0 Å². The van der Waals surface area contributed by atoms with E-state index >= 15 is 0 Å². The molecule has 2 amide bonds. The molecule has 0 saturated carbocycles. The lowest BCUT2D eigenvalue weighted by Crippen LogP contribution is -2.47. The molecule has 0 radical (unpaired) electrons. The largest absolute Gasteiger partial charge is 0.497 e. The van der Waals surface area contributed by atoms with Crippen molar-refractivity contribution in [1.82, 2.24) is 10.2 Å². The topological polar surface area (TPSA) is 96.0 Å². The van der Waals surface area contributed by atoms with Gasteiger partial charge in [-0.2, -0.15) is 0 Å². The number of ether oxygens (including phenoxy) is 1. The Labute approximate surface area is 211 Å². The molecular formula is C25H33F2N3O5S. The molecule has 0 bridgehead atoms. The van der Waals surface area contributed by atoms with Crippen molar-refractivity contribution in [2.75, 3.05) is 30.8 Å². The van der Waals surface area contributed by atoms with E-state index in [9.17, 15) is 26.8 Å². The molecule has 8 nitrogen and oxygen atoms in total. The minimum atomic E-state index is -3.82. The van der Waals surface area contributed by atoms with E-state index in [0.717, 1.165) is 40.7 Å². The van der Waals surface area contributed by atoms with Gasteiger partial charge in [-0.05, 0) is 49.6 Å². The Hall–Kier alpha value is -3.21. The number of nitrogens with one attached hydrogen (secondary N) is 1. The van der Waals surface area contributed by atoms with Crippen LogP contribution in [0.1, 0.15) is 38.7 Å². The average Bonchev–Trinajstić information content (AvgIpc) is 2.84. The number of anilines is 1. The van der Waals surface area contributed by atoms with Crippen molar-refractivity contribution in [3.8, 4) is 5.75 Å². The van der Waals surface area contributed by atoms with Crippen molar-refractivity contribution in [2.45, 2.75) is 45.7 Å². The molecule has 1 N–H and O–H groups in total. The van der Waals surface area contributed by atoms with E-state index in [2.05, 4.69) is 5.32 Å². The minimum Gasteiger partial charge on any atom is -0.497 e. The fourth-order valence-corrected chi connectivity index (χ4v) is 4.51. The molecular weight excluding hydrogens is 492 g/mol.